The Morgan fingerprint density at radius 1 is 1.32 bits per heavy atom. The zero-order chi connectivity index (χ0) is 18.8. The van der Waals surface area contributed by atoms with Gasteiger partial charge in [0.2, 0.25) is 0 Å². The second kappa shape index (κ2) is 7.32. The number of rotatable bonds is 4. The van der Waals surface area contributed by atoms with Crippen molar-refractivity contribution < 1.29 is 17.9 Å². The maximum absolute atomic E-state index is 13.0. The van der Waals surface area contributed by atoms with Gasteiger partial charge >= 0.3 is 6.18 Å². The summed E-state index contributed by atoms with van der Waals surface area (Å²) in [6, 6.07) is 4.74. The van der Waals surface area contributed by atoms with Gasteiger partial charge in [0.25, 0.3) is 0 Å². The summed E-state index contributed by atoms with van der Waals surface area (Å²) in [7, 11) is 0. The average molecular weight is 369 g/mol. The summed E-state index contributed by atoms with van der Waals surface area (Å²) in [5.41, 5.74) is 0.906. The van der Waals surface area contributed by atoms with Crippen LogP contribution in [-0.4, -0.2) is 11.6 Å². The van der Waals surface area contributed by atoms with Crippen LogP contribution in [0.25, 0.3) is 11.1 Å². The van der Waals surface area contributed by atoms with Gasteiger partial charge in [-0.2, -0.15) is 18.4 Å². The van der Waals surface area contributed by atoms with E-state index >= 15 is 0 Å². The van der Waals surface area contributed by atoms with E-state index in [9.17, 15) is 18.4 Å². The molecule has 0 saturated carbocycles. The van der Waals surface area contributed by atoms with E-state index < -0.39 is 17.7 Å². The second-order valence-electron chi connectivity index (χ2n) is 5.52. The highest BCUT2D eigenvalue weighted by molar-refractivity contribution is 6.32. The molecule has 0 N–H and O–H groups in total. The predicted octanol–water partition coefficient (Wildman–Crippen LogP) is 5.76. The van der Waals surface area contributed by atoms with E-state index in [0.717, 1.165) is 12.3 Å². The predicted molar refractivity (Wildman–Crippen MR) is 89.6 cm³/mol. The van der Waals surface area contributed by atoms with E-state index in [1.807, 2.05) is 0 Å². The van der Waals surface area contributed by atoms with Crippen LogP contribution in [0.5, 0.6) is 5.75 Å². The van der Waals surface area contributed by atoms with E-state index in [1.165, 1.54) is 6.20 Å². The van der Waals surface area contributed by atoms with Crippen molar-refractivity contribution in [1.29, 1.82) is 5.26 Å². The molecule has 0 radical (unpaired) electrons. The van der Waals surface area contributed by atoms with Crippen LogP contribution in [0.15, 0.2) is 24.5 Å². The lowest BCUT2D eigenvalue weighted by molar-refractivity contribution is -0.137. The molecule has 25 heavy (non-hydrogen) atoms. The van der Waals surface area contributed by atoms with Crippen LogP contribution in [0.1, 0.15) is 36.5 Å². The third-order valence-corrected chi connectivity index (χ3v) is 4.20. The molecule has 1 unspecified atom stereocenters. The van der Waals surface area contributed by atoms with Crippen molar-refractivity contribution in [3.8, 4) is 22.9 Å². The standard InChI is InChI=1S/C18H16ClF3N2O/c1-4-25-17-14(10(2)7-23)6-15(19)11(3)16(17)12-5-13(9-24-8-12)18(20,21)22/h5-6,8-10H,4H2,1-3H3. The molecule has 2 rings (SSSR count). The molecule has 0 fully saturated rings. The first-order chi connectivity index (χ1) is 11.7. The quantitative estimate of drug-likeness (QED) is 0.689. The first-order valence-corrected chi connectivity index (χ1v) is 7.96. The number of hydrogen-bond donors (Lipinski definition) is 0. The number of benzene rings is 1. The Hall–Kier alpha value is -2.26. The molecular formula is C18H16ClF3N2O. The molecule has 0 aliphatic heterocycles. The van der Waals surface area contributed by atoms with Crippen LogP contribution in [0, 0.1) is 18.3 Å². The van der Waals surface area contributed by atoms with Gasteiger partial charge in [0.05, 0.1) is 24.2 Å². The van der Waals surface area contributed by atoms with Crippen molar-refractivity contribution >= 4 is 11.6 Å². The highest BCUT2D eigenvalue weighted by Crippen LogP contribution is 2.43. The summed E-state index contributed by atoms with van der Waals surface area (Å²) >= 11 is 6.26. The summed E-state index contributed by atoms with van der Waals surface area (Å²) in [4.78, 5) is 3.71. The molecule has 7 heteroatoms. The number of hydrogen-bond acceptors (Lipinski definition) is 3. The van der Waals surface area contributed by atoms with E-state index in [4.69, 9.17) is 16.3 Å². The Balaban J connectivity index is 2.80. The van der Waals surface area contributed by atoms with Gasteiger partial charge < -0.3 is 4.74 Å². The first kappa shape index (κ1) is 19.1. The van der Waals surface area contributed by atoms with Crippen LogP contribution in [0.4, 0.5) is 13.2 Å². The van der Waals surface area contributed by atoms with Crippen molar-refractivity contribution in [1.82, 2.24) is 4.98 Å². The largest absolute Gasteiger partial charge is 0.493 e. The molecule has 1 atom stereocenters. The van der Waals surface area contributed by atoms with Crippen molar-refractivity contribution in [3.63, 3.8) is 0 Å². The molecule has 0 spiro atoms. The summed E-state index contributed by atoms with van der Waals surface area (Å²) in [6.07, 6.45) is -2.41. The Morgan fingerprint density at radius 2 is 2.00 bits per heavy atom. The van der Waals surface area contributed by atoms with Crippen molar-refractivity contribution in [2.45, 2.75) is 32.9 Å². The van der Waals surface area contributed by atoms with Crippen molar-refractivity contribution in [2.24, 2.45) is 0 Å². The minimum absolute atomic E-state index is 0.240. The third-order valence-electron chi connectivity index (χ3n) is 3.81. The van der Waals surface area contributed by atoms with Crippen LogP contribution < -0.4 is 4.74 Å². The third kappa shape index (κ3) is 3.88. The summed E-state index contributed by atoms with van der Waals surface area (Å²) in [5.74, 6) is -0.170. The molecule has 2 aromatic rings. The number of nitriles is 1. The van der Waals surface area contributed by atoms with Gasteiger partial charge in [0.1, 0.15) is 5.75 Å². The van der Waals surface area contributed by atoms with Gasteiger partial charge in [-0.15, -0.1) is 0 Å². The van der Waals surface area contributed by atoms with Gasteiger partial charge in [-0.1, -0.05) is 11.6 Å². The normalized spacial score (nSPS) is 12.6. The minimum atomic E-state index is -4.51. The number of ether oxygens (including phenoxy) is 1. The molecule has 1 aromatic carbocycles. The minimum Gasteiger partial charge on any atom is -0.493 e. The summed E-state index contributed by atoms with van der Waals surface area (Å²) < 4.78 is 44.8. The summed E-state index contributed by atoms with van der Waals surface area (Å²) in [6.45, 7) is 5.43. The van der Waals surface area contributed by atoms with Crippen LogP contribution >= 0.6 is 11.6 Å². The molecule has 132 valence electrons. The van der Waals surface area contributed by atoms with Gasteiger partial charge in [0.15, 0.2) is 0 Å². The Labute approximate surface area is 149 Å². The van der Waals surface area contributed by atoms with Crippen molar-refractivity contribution in [3.05, 3.63) is 46.2 Å². The van der Waals surface area contributed by atoms with Gasteiger partial charge in [-0.25, -0.2) is 0 Å². The van der Waals surface area contributed by atoms with E-state index in [1.54, 1.807) is 26.8 Å². The second-order valence-corrected chi connectivity index (χ2v) is 5.93. The Kier molecular flexibility index (Phi) is 5.58. The van der Waals surface area contributed by atoms with E-state index in [0.29, 0.717) is 34.1 Å². The van der Waals surface area contributed by atoms with Crippen LogP contribution in [0.2, 0.25) is 5.02 Å². The Bertz CT molecular complexity index is 828. The molecule has 0 amide bonds. The lowest BCUT2D eigenvalue weighted by Gasteiger charge is -2.20. The fourth-order valence-electron chi connectivity index (χ4n) is 2.51. The zero-order valence-corrected chi connectivity index (χ0v) is 14.7. The fraction of sp³-hybridized carbons (Fsp3) is 0.333. The monoisotopic (exact) mass is 368 g/mol. The molecule has 0 bridgehead atoms. The maximum atomic E-state index is 13.0. The van der Waals surface area contributed by atoms with Crippen molar-refractivity contribution in [2.75, 3.05) is 6.61 Å². The number of halogens is 4. The maximum Gasteiger partial charge on any atom is 0.417 e. The zero-order valence-electron chi connectivity index (χ0n) is 13.9. The van der Waals surface area contributed by atoms with E-state index in [2.05, 4.69) is 11.1 Å². The fourth-order valence-corrected chi connectivity index (χ4v) is 2.73. The SMILES string of the molecule is CCOc1c(C(C)C#N)cc(Cl)c(C)c1-c1cncc(C(F)(F)F)c1. The molecule has 1 aromatic heterocycles. The highest BCUT2D eigenvalue weighted by atomic mass is 35.5. The molecular weight excluding hydrogens is 353 g/mol. The van der Waals surface area contributed by atoms with E-state index in [-0.39, 0.29) is 5.56 Å². The van der Waals surface area contributed by atoms with Gasteiger partial charge in [-0.05, 0) is 38.5 Å². The average Bonchev–Trinajstić information content (AvgIpc) is 2.57. The van der Waals surface area contributed by atoms with Crippen LogP contribution in [0.3, 0.4) is 0 Å². The van der Waals surface area contributed by atoms with Gasteiger partial charge in [0, 0.05) is 34.1 Å². The molecule has 1 heterocycles. The number of pyridine rings is 1. The lowest BCUT2D eigenvalue weighted by Crippen LogP contribution is -2.07. The number of alkyl halides is 3. The smallest absolute Gasteiger partial charge is 0.417 e. The number of aromatic nitrogens is 1. The molecule has 0 saturated heterocycles. The number of nitrogens with zero attached hydrogens (tertiary/aromatic N) is 2. The van der Waals surface area contributed by atoms with Crippen LogP contribution in [-0.2, 0) is 6.18 Å². The molecule has 0 aliphatic carbocycles. The highest BCUT2D eigenvalue weighted by Gasteiger charge is 2.32. The van der Waals surface area contributed by atoms with Gasteiger partial charge in [-0.3, -0.25) is 4.98 Å². The lowest BCUT2D eigenvalue weighted by atomic mass is 9.92. The topological polar surface area (TPSA) is 45.9 Å². The molecule has 3 nitrogen and oxygen atoms in total. The Morgan fingerprint density at radius 3 is 2.56 bits per heavy atom. The summed E-state index contributed by atoms with van der Waals surface area (Å²) in [5, 5.41) is 9.60. The molecule has 0 aliphatic rings. The first-order valence-electron chi connectivity index (χ1n) is 7.58.